The summed E-state index contributed by atoms with van der Waals surface area (Å²) < 4.78 is 39.2. The van der Waals surface area contributed by atoms with Crippen molar-refractivity contribution in [3.63, 3.8) is 0 Å². The molecule has 2 aromatic carbocycles. The van der Waals surface area contributed by atoms with Gasteiger partial charge in [-0.3, -0.25) is 0 Å². The van der Waals surface area contributed by atoms with E-state index in [-0.39, 0.29) is 17.9 Å². The number of rotatable bonds is 6. The number of piperidine rings is 1. The van der Waals surface area contributed by atoms with E-state index in [1.54, 1.807) is 17.0 Å². The average molecular weight is 512 g/mol. The van der Waals surface area contributed by atoms with E-state index >= 15 is 0 Å². The highest BCUT2D eigenvalue weighted by molar-refractivity contribution is 9.10. The molecule has 1 aliphatic rings. The predicted octanol–water partition coefficient (Wildman–Crippen LogP) is 4.92. The van der Waals surface area contributed by atoms with E-state index < -0.39 is 10.0 Å². The Kier molecular flexibility index (Phi) is 7.72. The van der Waals surface area contributed by atoms with E-state index in [4.69, 9.17) is 0 Å². The third kappa shape index (κ3) is 6.05. The fourth-order valence-corrected chi connectivity index (χ4v) is 5.18. The van der Waals surface area contributed by atoms with Gasteiger partial charge >= 0.3 is 6.03 Å². The van der Waals surface area contributed by atoms with Gasteiger partial charge in [-0.25, -0.2) is 21.9 Å². The lowest BCUT2D eigenvalue weighted by atomic mass is 10.0. The van der Waals surface area contributed by atoms with Crippen LogP contribution in [0.3, 0.4) is 0 Å². The van der Waals surface area contributed by atoms with Crippen molar-refractivity contribution in [1.82, 2.24) is 9.21 Å². The number of hydrogen-bond acceptors (Lipinski definition) is 3. The first-order chi connectivity index (χ1) is 14.7. The molecule has 9 heteroatoms. The molecule has 3 rings (SSSR count). The maximum absolute atomic E-state index is 13.5. The van der Waals surface area contributed by atoms with E-state index in [0.717, 1.165) is 17.5 Å². The van der Waals surface area contributed by atoms with Gasteiger partial charge in [-0.05, 0) is 70.6 Å². The molecule has 0 spiro atoms. The van der Waals surface area contributed by atoms with Gasteiger partial charge in [-0.1, -0.05) is 25.1 Å². The molecule has 1 N–H and O–H groups in total. The molecule has 0 bridgehead atoms. The molecule has 0 saturated carbocycles. The van der Waals surface area contributed by atoms with Crippen molar-refractivity contribution in [2.24, 2.45) is 0 Å². The molecule has 168 valence electrons. The van der Waals surface area contributed by atoms with Gasteiger partial charge in [0.05, 0.1) is 11.9 Å². The van der Waals surface area contributed by atoms with Gasteiger partial charge in [0.2, 0.25) is 10.0 Å². The molecule has 1 heterocycles. The number of hydrogen-bond donors (Lipinski definition) is 1. The van der Waals surface area contributed by atoms with Gasteiger partial charge in [-0.15, -0.1) is 0 Å². The molecule has 2 aromatic rings. The Morgan fingerprint density at radius 1 is 1.19 bits per heavy atom. The Bertz CT molecular complexity index is 1040. The summed E-state index contributed by atoms with van der Waals surface area (Å²) in [4.78, 5) is 14.8. The van der Waals surface area contributed by atoms with E-state index in [1.165, 1.54) is 22.7 Å². The molecule has 6 nitrogen and oxygen atoms in total. The summed E-state index contributed by atoms with van der Waals surface area (Å²) in [5, 5.41) is 2.96. The van der Waals surface area contributed by atoms with Gasteiger partial charge in [-0.2, -0.15) is 0 Å². The minimum atomic E-state index is -3.21. The van der Waals surface area contributed by atoms with Crippen LogP contribution in [0.25, 0.3) is 11.1 Å². The molecule has 0 radical (unpaired) electrons. The summed E-state index contributed by atoms with van der Waals surface area (Å²) in [5.74, 6) is -0.303. The summed E-state index contributed by atoms with van der Waals surface area (Å²) in [6.45, 7) is 3.44. The van der Waals surface area contributed by atoms with Crippen molar-refractivity contribution in [3.8, 4) is 11.1 Å². The van der Waals surface area contributed by atoms with Crippen LogP contribution in [-0.2, 0) is 10.0 Å². The standard InChI is InChI=1S/C22H27BrFN3O3S/c1-3-11-27(19-9-12-26(13-10-19)31(2,29)30)22(28)25-21-8-7-17(15-20(21)23)16-5-4-6-18(24)14-16/h4-8,14-15,19H,3,9-13H2,1-2H3,(H,25,28). The molecule has 1 aliphatic heterocycles. The summed E-state index contributed by atoms with van der Waals surface area (Å²) in [6.07, 6.45) is 3.24. The number of amides is 2. The first-order valence-electron chi connectivity index (χ1n) is 10.3. The molecule has 31 heavy (non-hydrogen) atoms. The number of nitrogens with zero attached hydrogens (tertiary/aromatic N) is 2. The van der Waals surface area contributed by atoms with Crippen molar-refractivity contribution < 1.29 is 17.6 Å². The number of benzene rings is 2. The van der Waals surface area contributed by atoms with Crippen LogP contribution in [0.1, 0.15) is 26.2 Å². The summed E-state index contributed by atoms with van der Waals surface area (Å²) >= 11 is 3.50. The Balaban J connectivity index is 1.71. The molecule has 2 amide bonds. The SMILES string of the molecule is CCCN(C(=O)Nc1ccc(-c2cccc(F)c2)cc1Br)C1CCN(S(C)(=O)=O)CC1. The quantitative estimate of drug-likeness (QED) is 0.597. The molecular formula is C22H27BrFN3O3S. The lowest BCUT2D eigenvalue weighted by Crippen LogP contribution is -2.50. The van der Waals surface area contributed by atoms with E-state index in [9.17, 15) is 17.6 Å². The molecule has 0 atom stereocenters. The predicted molar refractivity (Wildman–Crippen MR) is 125 cm³/mol. The fraction of sp³-hybridized carbons (Fsp3) is 0.409. The number of carbonyl (C=O) groups excluding carboxylic acids is 1. The Morgan fingerprint density at radius 3 is 2.45 bits per heavy atom. The Labute approximate surface area is 191 Å². The monoisotopic (exact) mass is 511 g/mol. The fourth-order valence-electron chi connectivity index (χ4n) is 3.83. The zero-order valence-corrected chi connectivity index (χ0v) is 20.0. The number of urea groups is 1. The molecule has 1 saturated heterocycles. The van der Waals surface area contributed by atoms with Gasteiger partial charge in [0.25, 0.3) is 0 Å². The third-order valence-corrected chi connectivity index (χ3v) is 7.39. The maximum Gasteiger partial charge on any atom is 0.322 e. The van der Waals surface area contributed by atoms with Gasteiger partial charge in [0.15, 0.2) is 0 Å². The third-order valence-electron chi connectivity index (χ3n) is 5.43. The number of nitrogens with one attached hydrogen (secondary N) is 1. The molecule has 0 unspecified atom stereocenters. The summed E-state index contributed by atoms with van der Waals surface area (Å²) in [7, 11) is -3.21. The number of sulfonamides is 1. The summed E-state index contributed by atoms with van der Waals surface area (Å²) in [5.41, 5.74) is 2.21. The zero-order chi connectivity index (χ0) is 22.6. The Morgan fingerprint density at radius 2 is 1.87 bits per heavy atom. The van der Waals surface area contributed by atoms with Crippen LogP contribution in [0.5, 0.6) is 0 Å². The maximum atomic E-state index is 13.5. The lowest BCUT2D eigenvalue weighted by molar-refractivity contribution is 0.156. The van der Waals surface area contributed by atoms with Crippen LogP contribution < -0.4 is 5.32 Å². The highest BCUT2D eigenvalue weighted by atomic mass is 79.9. The highest BCUT2D eigenvalue weighted by Crippen LogP contribution is 2.30. The second-order valence-electron chi connectivity index (χ2n) is 7.72. The van der Waals surface area contributed by atoms with Crippen LogP contribution >= 0.6 is 15.9 Å². The van der Waals surface area contributed by atoms with Crippen LogP contribution in [0, 0.1) is 5.82 Å². The van der Waals surface area contributed by atoms with Crippen LogP contribution in [0.2, 0.25) is 0 Å². The van der Waals surface area contributed by atoms with Crippen LogP contribution in [0.15, 0.2) is 46.9 Å². The first-order valence-corrected chi connectivity index (χ1v) is 12.9. The minimum Gasteiger partial charge on any atom is -0.321 e. The minimum absolute atomic E-state index is 0.0108. The lowest BCUT2D eigenvalue weighted by Gasteiger charge is -2.37. The second kappa shape index (κ2) is 10.1. The largest absolute Gasteiger partial charge is 0.322 e. The van der Waals surface area contributed by atoms with Crippen molar-refractivity contribution in [1.29, 1.82) is 0 Å². The molecular weight excluding hydrogens is 485 g/mol. The molecule has 0 aliphatic carbocycles. The van der Waals surface area contributed by atoms with Crippen LogP contribution in [0.4, 0.5) is 14.9 Å². The van der Waals surface area contributed by atoms with E-state index in [2.05, 4.69) is 21.2 Å². The average Bonchev–Trinajstić information content (AvgIpc) is 2.73. The van der Waals surface area contributed by atoms with Crippen molar-refractivity contribution >= 4 is 37.7 Å². The van der Waals surface area contributed by atoms with Gasteiger partial charge < -0.3 is 10.2 Å². The van der Waals surface area contributed by atoms with Gasteiger partial charge in [0, 0.05) is 30.1 Å². The topological polar surface area (TPSA) is 69.7 Å². The van der Waals surface area contributed by atoms with E-state index in [0.29, 0.717) is 42.6 Å². The van der Waals surface area contributed by atoms with Crippen molar-refractivity contribution in [2.45, 2.75) is 32.2 Å². The normalized spacial score (nSPS) is 15.6. The number of anilines is 1. The molecule has 1 fully saturated rings. The molecule has 0 aromatic heterocycles. The zero-order valence-electron chi connectivity index (χ0n) is 17.6. The van der Waals surface area contributed by atoms with Crippen molar-refractivity contribution in [3.05, 3.63) is 52.8 Å². The van der Waals surface area contributed by atoms with Crippen molar-refractivity contribution in [2.75, 3.05) is 31.2 Å². The Hall–Kier alpha value is -1.97. The highest BCUT2D eigenvalue weighted by Gasteiger charge is 2.30. The van der Waals surface area contributed by atoms with Gasteiger partial charge in [0.1, 0.15) is 5.82 Å². The van der Waals surface area contributed by atoms with E-state index in [1.807, 2.05) is 25.1 Å². The summed E-state index contributed by atoms with van der Waals surface area (Å²) in [6, 6.07) is 11.6. The number of carbonyl (C=O) groups is 1. The second-order valence-corrected chi connectivity index (χ2v) is 10.6. The smallest absolute Gasteiger partial charge is 0.321 e. The number of halogens is 2. The first kappa shape index (κ1) is 23.7. The van der Waals surface area contributed by atoms with Crippen LogP contribution in [-0.4, -0.2) is 55.6 Å².